The molecule has 1 aromatic heterocycles. The van der Waals surface area contributed by atoms with Gasteiger partial charge in [0.05, 0.1) is 12.2 Å². The Kier molecular flexibility index (Phi) is 4.85. The van der Waals surface area contributed by atoms with Gasteiger partial charge in [0.25, 0.3) is 5.91 Å². The fourth-order valence-corrected chi connectivity index (χ4v) is 4.16. The highest BCUT2D eigenvalue weighted by Gasteiger charge is 2.29. The molecule has 4 rings (SSSR count). The highest BCUT2D eigenvalue weighted by atomic mass is 16.2. The summed E-state index contributed by atoms with van der Waals surface area (Å²) in [6, 6.07) is 7.83. The van der Waals surface area contributed by atoms with Gasteiger partial charge in [0.1, 0.15) is 11.6 Å². The normalized spacial score (nSPS) is 17.7. The largest absolute Gasteiger partial charge is 0.356 e. The number of amides is 1. The van der Waals surface area contributed by atoms with Crippen LogP contribution in [0.5, 0.6) is 0 Å². The molecule has 142 valence electrons. The first-order valence-electron chi connectivity index (χ1n) is 9.99. The van der Waals surface area contributed by atoms with E-state index in [0.717, 1.165) is 59.5 Å². The van der Waals surface area contributed by atoms with Crippen molar-refractivity contribution >= 4 is 11.7 Å². The van der Waals surface area contributed by atoms with Crippen molar-refractivity contribution in [2.75, 3.05) is 24.5 Å². The molecule has 5 nitrogen and oxygen atoms in total. The predicted octanol–water partition coefficient (Wildman–Crippen LogP) is 3.53. The Hall–Kier alpha value is -2.43. The second-order valence-corrected chi connectivity index (χ2v) is 7.98. The number of nitrogens with zero attached hydrogens (tertiary/aromatic N) is 4. The smallest absolute Gasteiger partial charge is 0.254 e. The van der Waals surface area contributed by atoms with Crippen molar-refractivity contribution in [2.45, 2.75) is 46.6 Å². The first kappa shape index (κ1) is 18.0. The minimum absolute atomic E-state index is 0.109. The molecule has 3 heterocycles. The minimum Gasteiger partial charge on any atom is -0.356 e. The highest BCUT2D eigenvalue weighted by molar-refractivity contribution is 5.95. The summed E-state index contributed by atoms with van der Waals surface area (Å²) in [6.45, 7) is 9.68. The van der Waals surface area contributed by atoms with Crippen LogP contribution in [0.25, 0.3) is 0 Å². The van der Waals surface area contributed by atoms with Crippen LogP contribution in [0.2, 0.25) is 0 Å². The third-order valence-electron chi connectivity index (χ3n) is 5.90. The van der Waals surface area contributed by atoms with Gasteiger partial charge in [0.2, 0.25) is 0 Å². The van der Waals surface area contributed by atoms with Gasteiger partial charge in [0, 0.05) is 37.2 Å². The summed E-state index contributed by atoms with van der Waals surface area (Å²) in [7, 11) is 0. The van der Waals surface area contributed by atoms with E-state index in [2.05, 4.69) is 11.8 Å². The Morgan fingerprint density at radius 3 is 2.56 bits per heavy atom. The molecule has 0 radical (unpaired) electrons. The quantitative estimate of drug-likeness (QED) is 0.818. The Labute approximate surface area is 161 Å². The van der Waals surface area contributed by atoms with Gasteiger partial charge in [-0.2, -0.15) is 0 Å². The monoisotopic (exact) mass is 364 g/mol. The molecule has 0 saturated carbocycles. The molecule has 0 unspecified atom stereocenters. The summed E-state index contributed by atoms with van der Waals surface area (Å²) in [5.41, 5.74) is 4.08. The summed E-state index contributed by atoms with van der Waals surface area (Å²) in [5, 5.41) is 0. The molecular formula is C22H28N4O. The second kappa shape index (κ2) is 7.29. The van der Waals surface area contributed by atoms with E-state index in [-0.39, 0.29) is 5.91 Å². The Morgan fingerprint density at radius 2 is 1.81 bits per heavy atom. The number of fused-ring (bicyclic) bond motifs is 1. The number of hydrogen-bond donors (Lipinski definition) is 0. The van der Waals surface area contributed by atoms with Crippen LogP contribution in [0.15, 0.2) is 24.3 Å². The van der Waals surface area contributed by atoms with Crippen molar-refractivity contribution in [3.05, 3.63) is 52.5 Å². The second-order valence-electron chi connectivity index (χ2n) is 7.98. The van der Waals surface area contributed by atoms with Gasteiger partial charge in [0.15, 0.2) is 0 Å². The van der Waals surface area contributed by atoms with E-state index in [4.69, 9.17) is 9.97 Å². The van der Waals surface area contributed by atoms with Crippen molar-refractivity contribution in [1.29, 1.82) is 0 Å². The van der Waals surface area contributed by atoms with Crippen LogP contribution >= 0.6 is 0 Å². The lowest BCUT2D eigenvalue weighted by atomic mass is 9.97. The fraction of sp³-hybridized carbons (Fsp3) is 0.500. The van der Waals surface area contributed by atoms with Crippen LogP contribution in [0.1, 0.15) is 52.8 Å². The minimum atomic E-state index is 0.109. The zero-order valence-electron chi connectivity index (χ0n) is 16.5. The zero-order chi connectivity index (χ0) is 19.0. The van der Waals surface area contributed by atoms with E-state index in [1.807, 2.05) is 43.0 Å². The van der Waals surface area contributed by atoms with Crippen LogP contribution in [-0.2, 0) is 13.0 Å². The molecule has 0 aliphatic carbocycles. The van der Waals surface area contributed by atoms with Crippen LogP contribution in [-0.4, -0.2) is 40.4 Å². The average molecular weight is 364 g/mol. The topological polar surface area (TPSA) is 49.3 Å². The van der Waals surface area contributed by atoms with E-state index in [9.17, 15) is 4.79 Å². The van der Waals surface area contributed by atoms with Crippen LogP contribution in [0.4, 0.5) is 5.82 Å². The van der Waals surface area contributed by atoms with Gasteiger partial charge < -0.3 is 9.80 Å². The number of rotatable bonds is 2. The van der Waals surface area contributed by atoms with Crippen LogP contribution in [0, 0.1) is 19.8 Å². The fourth-order valence-electron chi connectivity index (χ4n) is 4.16. The maximum Gasteiger partial charge on any atom is 0.254 e. The average Bonchev–Trinajstić information content (AvgIpc) is 2.67. The van der Waals surface area contributed by atoms with Gasteiger partial charge in [-0.3, -0.25) is 4.79 Å². The standard InChI is InChI=1S/C22H28N4O/c1-15-8-11-25(12-9-15)21-19-14-26(13-10-20(19)23-17(3)24-21)22(27)18-7-5-4-6-16(18)2/h4-7,15H,8-14H2,1-3H3. The summed E-state index contributed by atoms with van der Waals surface area (Å²) in [4.78, 5) is 26.9. The Balaban J connectivity index is 1.63. The summed E-state index contributed by atoms with van der Waals surface area (Å²) >= 11 is 0. The van der Waals surface area contributed by atoms with Crippen LogP contribution < -0.4 is 4.90 Å². The molecule has 2 aromatic rings. The van der Waals surface area contributed by atoms with Gasteiger partial charge in [-0.05, 0) is 44.2 Å². The van der Waals surface area contributed by atoms with Crippen molar-refractivity contribution in [3.63, 3.8) is 0 Å². The maximum atomic E-state index is 13.1. The highest BCUT2D eigenvalue weighted by Crippen LogP contribution is 2.30. The number of carbonyl (C=O) groups excluding carboxylic acids is 1. The molecule has 5 heteroatoms. The van der Waals surface area contributed by atoms with Gasteiger partial charge in [-0.15, -0.1) is 0 Å². The third-order valence-corrected chi connectivity index (χ3v) is 5.90. The SMILES string of the molecule is Cc1nc2c(c(N3CCC(C)CC3)n1)CN(C(=O)c1ccccc1C)CC2. The molecule has 1 aromatic carbocycles. The molecule has 0 bridgehead atoms. The molecule has 0 spiro atoms. The number of benzene rings is 1. The lowest BCUT2D eigenvalue weighted by Gasteiger charge is -2.36. The number of carbonyl (C=O) groups is 1. The lowest BCUT2D eigenvalue weighted by Crippen LogP contribution is -2.40. The van der Waals surface area contributed by atoms with E-state index in [1.165, 1.54) is 12.8 Å². The van der Waals surface area contributed by atoms with Crippen molar-refractivity contribution in [1.82, 2.24) is 14.9 Å². The van der Waals surface area contributed by atoms with Crippen molar-refractivity contribution in [3.8, 4) is 0 Å². The van der Waals surface area contributed by atoms with E-state index in [1.54, 1.807) is 0 Å². The van der Waals surface area contributed by atoms with Crippen molar-refractivity contribution < 1.29 is 4.79 Å². The first-order valence-corrected chi connectivity index (χ1v) is 9.99. The number of piperidine rings is 1. The molecule has 1 fully saturated rings. The van der Waals surface area contributed by atoms with E-state index >= 15 is 0 Å². The number of aryl methyl sites for hydroxylation is 2. The predicted molar refractivity (Wildman–Crippen MR) is 107 cm³/mol. The van der Waals surface area contributed by atoms with E-state index in [0.29, 0.717) is 13.1 Å². The van der Waals surface area contributed by atoms with Gasteiger partial charge >= 0.3 is 0 Å². The molecule has 1 amide bonds. The maximum absolute atomic E-state index is 13.1. The number of hydrogen-bond acceptors (Lipinski definition) is 4. The summed E-state index contributed by atoms with van der Waals surface area (Å²) in [5.74, 6) is 2.77. The van der Waals surface area contributed by atoms with Gasteiger partial charge in [-0.25, -0.2) is 9.97 Å². The zero-order valence-corrected chi connectivity index (χ0v) is 16.5. The Morgan fingerprint density at radius 1 is 1.07 bits per heavy atom. The summed E-state index contributed by atoms with van der Waals surface area (Å²) < 4.78 is 0. The molecule has 2 aliphatic rings. The Bertz CT molecular complexity index is 855. The third kappa shape index (κ3) is 3.55. The number of aromatic nitrogens is 2. The lowest BCUT2D eigenvalue weighted by molar-refractivity contribution is 0.0732. The van der Waals surface area contributed by atoms with Crippen molar-refractivity contribution in [2.24, 2.45) is 5.92 Å². The van der Waals surface area contributed by atoms with Crippen LogP contribution in [0.3, 0.4) is 0 Å². The molecular weight excluding hydrogens is 336 g/mol. The molecule has 1 saturated heterocycles. The number of anilines is 1. The molecule has 27 heavy (non-hydrogen) atoms. The van der Waals surface area contributed by atoms with E-state index < -0.39 is 0 Å². The van der Waals surface area contributed by atoms with Gasteiger partial charge in [-0.1, -0.05) is 25.1 Å². The summed E-state index contributed by atoms with van der Waals surface area (Å²) in [6.07, 6.45) is 3.20. The molecule has 2 aliphatic heterocycles. The molecule has 0 N–H and O–H groups in total. The molecule has 0 atom stereocenters. The first-order chi connectivity index (χ1) is 13.0.